The van der Waals surface area contributed by atoms with E-state index in [1.54, 1.807) is 7.11 Å². The van der Waals surface area contributed by atoms with Gasteiger partial charge in [0.25, 0.3) is 0 Å². The SMILES string of the molecule is COc1ccc2[nH]c(C)c(C(=O)C[NH+]3CC[NH+](CCO)CC3)c2c1. The van der Waals surface area contributed by atoms with Crippen LogP contribution in [0.3, 0.4) is 0 Å². The van der Waals surface area contributed by atoms with Crippen LogP contribution in [0.15, 0.2) is 18.2 Å². The molecule has 0 radical (unpaired) electrons. The van der Waals surface area contributed by atoms with E-state index in [0.29, 0.717) is 6.54 Å². The number of fused-ring (bicyclic) bond motifs is 1. The van der Waals surface area contributed by atoms with Crippen LogP contribution in [0.2, 0.25) is 0 Å². The highest BCUT2D eigenvalue weighted by Gasteiger charge is 2.26. The number of rotatable bonds is 6. The summed E-state index contributed by atoms with van der Waals surface area (Å²) >= 11 is 0. The standard InChI is InChI=1S/C18H25N3O3/c1-13-18(15-11-14(24-2)3-4-16(15)19-13)17(23)12-21-7-5-20(6-8-21)9-10-22/h3-4,11,19,22H,5-10,12H2,1-2H3/p+2. The Morgan fingerprint density at radius 3 is 2.62 bits per heavy atom. The molecule has 3 rings (SSSR count). The number of benzene rings is 1. The van der Waals surface area contributed by atoms with Gasteiger partial charge < -0.3 is 24.6 Å². The Kier molecular flexibility index (Phi) is 5.18. The van der Waals surface area contributed by atoms with Gasteiger partial charge in [0.2, 0.25) is 5.78 Å². The molecule has 6 nitrogen and oxygen atoms in total. The number of quaternary nitrogens is 2. The van der Waals surface area contributed by atoms with Crippen LogP contribution in [0, 0.1) is 6.92 Å². The first kappa shape index (κ1) is 17.0. The summed E-state index contributed by atoms with van der Waals surface area (Å²) in [7, 11) is 1.64. The number of carbonyl (C=O) groups is 1. The number of aromatic amines is 1. The Hall–Kier alpha value is -1.89. The van der Waals surface area contributed by atoms with Crippen molar-refractivity contribution in [3.63, 3.8) is 0 Å². The Balaban J connectivity index is 1.73. The number of methoxy groups -OCH3 is 1. The molecule has 1 aromatic heterocycles. The fourth-order valence-corrected chi connectivity index (χ4v) is 3.65. The van der Waals surface area contributed by atoms with E-state index < -0.39 is 0 Å². The van der Waals surface area contributed by atoms with E-state index >= 15 is 0 Å². The van der Waals surface area contributed by atoms with Crippen LogP contribution in [-0.4, -0.2) is 68.9 Å². The average molecular weight is 333 g/mol. The van der Waals surface area contributed by atoms with Gasteiger partial charge in [-0.1, -0.05) is 0 Å². The maximum atomic E-state index is 12.9. The van der Waals surface area contributed by atoms with Crippen molar-refractivity contribution in [1.29, 1.82) is 0 Å². The molecule has 1 aliphatic rings. The van der Waals surface area contributed by atoms with Gasteiger partial charge in [-0.05, 0) is 25.1 Å². The number of aliphatic hydroxyl groups excluding tert-OH is 1. The smallest absolute Gasteiger partial charge is 0.219 e. The van der Waals surface area contributed by atoms with E-state index in [1.165, 1.54) is 9.80 Å². The zero-order valence-electron chi connectivity index (χ0n) is 14.4. The summed E-state index contributed by atoms with van der Waals surface area (Å²) in [6, 6.07) is 5.80. The summed E-state index contributed by atoms with van der Waals surface area (Å²) in [4.78, 5) is 19.0. The molecule has 0 atom stereocenters. The first-order chi connectivity index (χ1) is 11.6. The van der Waals surface area contributed by atoms with E-state index in [2.05, 4.69) is 4.98 Å². The Labute approximate surface area is 142 Å². The van der Waals surface area contributed by atoms with Gasteiger partial charge in [-0.25, -0.2) is 0 Å². The fraction of sp³-hybridized carbons (Fsp3) is 0.500. The molecular formula is C18H27N3O3+2. The number of ether oxygens (including phenoxy) is 1. The second kappa shape index (κ2) is 7.34. The third-order valence-corrected chi connectivity index (χ3v) is 5.01. The molecule has 1 saturated heterocycles. The van der Waals surface area contributed by atoms with Crippen molar-refractivity contribution in [3.8, 4) is 5.75 Å². The van der Waals surface area contributed by atoms with Gasteiger partial charge in [0.15, 0.2) is 0 Å². The minimum Gasteiger partial charge on any atom is -0.497 e. The number of Topliss-reactive ketones (excluding diaryl/α,β-unsaturated/α-hetero) is 1. The van der Waals surface area contributed by atoms with Crippen LogP contribution in [0.4, 0.5) is 0 Å². The molecule has 0 amide bonds. The van der Waals surface area contributed by atoms with Crippen LogP contribution in [0.25, 0.3) is 10.9 Å². The Morgan fingerprint density at radius 2 is 1.96 bits per heavy atom. The molecule has 0 bridgehead atoms. The van der Waals surface area contributed by atoms with E-state index in [0.717, 1.165) is 60.6 Å². The van der Waals surface area contributed by atoms with Crippen LogP contribution in [0.5, 0.6) is 5.75 Å². The molecule has 1 fully saturated rings. The number of aryl methyl sites for hydroxylation is 1. The molecule has 0 aliphatic carbocycles. The molecule has 2 aromatic rings. The van der Waals surface area contributed by atoms with E-state index in [4.69, 9.17) is 9.84 Å². The van der Waals surface area contributed by atoms with Crippen molar-refractivity contribution in [2.45, 2.75) is 6.92 Å². The van der Waals surface area contributed by atoms with Crippen molar-refractivity contribution < 1.29 is 24.4 Å². The van der Waals surface area contributed by atoms with Crippen LogP contribution in [0.1, 0.15) is 16.1 Å². The first-order valence-corrected chi connectivity index (χ1v) is 8.60. The summed E-state index contributed by atoms with van der Waals surface area (Å²) in [6.07, 6.45) is 0. The lowest BCUT2D eigenvalue weighted by Gasteiger charge is -2.28. The quantitative estimate of drug-likeness (QED) is 0.484. The predicted molar refractivity (Wildman–Crippen MR) is 92.1 cm³/mol. The fourth-order valence-electron chi connectivity index (χ4n) is 3.65. The lowest BCUT2D eigenvalue weighted by Crippen LogP contribution is -3.28. The number of piperazine rings is 1. The number of H-pyrrole nitrogens is 1. The number of aliphatic hydroxyl groups is 1. The van der Waals surface area contributed by atoms with Crippen LogP contribution in [-0.2, 0) is 0 Å². The van der Waals surface area contributed by atoms with Gasteiger partial charge in [0.05, 0.1) is 19.3 Å². The Bertz CT molecular complexity index is 718. The molecule has 4 N–H and O–H groups in total. The third-order valence-electron chi connectivity index (χ3n) is 5.01. The second-order valence-electron chi connectivity index (χ2n) is 6.61. The molecule has 130 valence electrons. The summed E-state index contributed by atoms with van der Waals surface area (Å²) in [5.74, 6) is 0.955. The van der Waals surface area contributed by atoms with Crippen molar-refractivity contribution >= 4 is 16.7 Å². The maximum absolute atomic E-state index is 12.9. The van der Waals surface area contributed by atoms with Gasteiger partial charge in [0.1, 0.15) is 45.0 Å². The van der Waals surface area contributed by atoms with Gasteiger partial charge in [-0.3, -0.25) is 4.79 Å². The number of hydrogen-bond acceptors (Lipinski definition) is 3. The molecule has 1 aliphatic heterocycles. The van der Waals surface area contributed by atoms with Gasteiger partial charge in [-0.2, -0.15) is 0 Å². The van der Waals surface area contributed by atoms with E-state index in [9.17, 15) is 4.79 Å². The first-order valence-electron chi connectivity index (χ1n) is 8.60. The maximum Gasteiger partial charge on any atom is 0.219 e. The summed E-state index contributed by atoms with van der Waals surface area (Å²) in [5.41, 5.74) is 2.69. The molecular weight excluding hydrogens is 306 g/mol. The van der Waals surface area contributed by atoms with Crippen LogP contribution >= 0.6 is 0 Å². The van der Waals surface area contributed by atoms with Gasteiger partial charge in [-0.15, -0.1) is 0 Å². The van der Waals surface area contributed by atoms with E-state index in [-0.39, 0.29) is 12.4 Å². The van der Waals surface area contributed by atoms with Gasteiger partial charge in [0, 0.05) is 16.6 Å². The monoisotopic (exact) mass is 333 g/mol. The van der Waals surface area contributed by atoms with Crippen molar-refractivity contribution in [3.05, 3.63) is 29.5 Å². The highest BCUT2D eigenvalue weighted by atomic mass is 16.5. The molecule has 1 aromatic carbocycles. The van der Waals surface area contributed by atoms with Crippen molar-refractivity contribution in [1.82, 2.24) is 4.98 Å². The van der Waals surface area contributed by atoms with Gasteiger partial charge >= 0.3 is 0 Å². The highest BCUT2D eigenvalue weighted by Crippen LogP contribution is 2.26. The highest BCUT2D eigenvalue weighted by molar-refractivity contribution is 6.10. The topological polar surface area (TPSA) is 71.2 Å². The Morgan fingerprint density at radius 1 is 1.25 bits per heavy atom. The van der Waals surface area contributed by atoms with Crippen molar-refractivity contribution in [2.24, 2.45) is 0 Å². The largest absolute Gasteiger partial charge is 0.497 e. The summed E-state index contributed by atoms with van der Waals surface area (Å²) in [6.45, 7) is 7.52. The second-order valence-corrected chi connectivity index (χ2v) is 6.61. The van der Waals surface area contributed by atoms with Crippen LogP contribution < -0.4 is 14.5 Å². The molecule has 0 unspecified atom stereocenters. The number of ketones is 1. The molecule has 6 heteroatoms. The molecule has 2 heterocycles. The zero-order valence-corrected chi connectivity index (χ0v) is 14.4. The zero-order chi connectivity index (χ0) is 17.1. The summed E-state index contributed by atoms with van der Waals surface area (Å²) < 4.78 is 5.30. The average Bonchev–Trinajstić information content (AvgIpc) is 2.91. The normalized spacial score (nSPS) is 21.1. The molecule has 0 spiro atoms. The molecule has 0 saturated carbocycles. The molecule has 24 heavy (non-hydrogen) atoms. The minimum absolute atomic E-state index is 0.188. The lowest BCUT2D eigenvalue weighted by atomic mass is 10.1. The summed E-state index contributed by atoms with van der Waals surface area (Å²) in [5, 5.41) is 9.98. The van der Waals surface area contributed by atoms with Crippen molar-refractivity contribution in [2.75, 3.05) is 53.0 Å². The number of aromatic nitrogens is 1. The van der Waals surface area contributed by atoms with E-state index in [1.807, 2.05) is 25.1 Å². The lowest BCUT2D eigenvalue weighted by molar-refractivity contribution is -1.01. The third kappa shape index (κ3) is 3.45. The minimum atomic E-state index is 0.188. The number of hydrogen-bond donors (Lipinski definition) is 4. The predicted octanol–water partition coefficient (Wildman–Crippen LogP) is -1.56. The number of nitrogens with one attached hydrogen (secondary N) is 3. The number of carbonyl (C=O) groups excluding carboxylic acids is 1.